The van der Waals surface area contributed by atoms with E-state index >= 15 is 0 Å². The average molecular weight is 498 g/mol. The van der Waals surface area contributed by atoms with Crippen molar-refractivity contribution in [3.63, 3.8) is 0 Å². The van der Waals surface area contributed by atoms with Crippen LogP contribution < -0.4 is 5.43 Å². The molecular weight excluding hydrogens is 473 g/mol. The average Bonchev–Trinajstić information content (AvgIpc) is 2.85. The Balaban J connectivity index is 1.74. The predicted octanol–water partition coefficient (Wildman–Crippen LogP) is 3.26. The molecule has 0 radical (unpaired) electrons. The molecule has 1 amide bonds. The van der Waals surface area contributed by atoms with Crippen LogP contribution in [0.2, 0.25) is 0 Å². The van der Waals surface area contributed by atoms with Crippen molar-refractivity contribution in [3.8, 4) is 0 Å². The van der Waals surface area contributed by atoms with Gasteiger partial charge >= 0.3 is 5.97 Å². The first-order valence-electron chi connectivity index (χ1n) is 10.5. The van der Waals surface area contributed by atoms with Crippen LogP contribution in [0.3, 0.4) is 0 Å². The van der Waals surface area contributed by atoms with E-state index in [1.165, 1.54) is 49.7 Å². The van der Waals surface area contributed by atoms with Crippen molar-refractivity contribution >= 4 is 28.1 Å². The van der Waals surface area contributed by atoms with Gasteiger partial charge in [0, 0.05) is 6.54 Å². The van der Waals surface area contributed by atoms with Gasteiger partial charge in [0.25, 0.3) is 5.91 Å². The van der Waals surface area contributed by atoms with Crippen LogP contribution in [0.5, 0.6) is 0 Å². The molecule has 0 aliphatic heterocycles. The van der Waals surface area contributed by atoms with E-state index in [0.717, 1.165) is 9.87 Å². The second-order valence-electron chi connectivity index (χ2n) is 7.62. The van der Waals surface area contributed by atoms with Crippen LogP contribution >= 0.6 is 0 Å². The first-order chi connectivity index (χ1) is 16.7. The number of rotatable bonds is 9. The molecule has 3 aromatic rings. The van der Waals surface area contributed by atoms with Gasteiger partial charge in [-0.05, 0) is 54.4 Å². The Morgan fingerprint density at radius 2 is 1.63 bits per heavy atom. The molecule has 0 bridgehead atoms. The van der Waals surface area contributed by atoms with E-state index in [9.17, 15) is 22.4 Å². The number of methoxy groups -OCH3 is 1. The fraction of sp³-hybridized carbons (Fsp3) is 0.160. The van der Waals surface area contributed by atoms with Crippen LogP contribution in [0.25, 0.3) is 0 Å². The molecule has 0 aromatic heterocycles. The van der Waals surface area contributed by atoms with Gasteiger partial charge in [-0.25, -0.2) is 23.0 Å². The topological polar surface area (TPSA) is 105 Å². The van der Waals surface area contributed by atoms with Crippen LogP contribution in [-0.2, 0) is 26.1 Å². The van der Waals surface area contributed by atoms with Gasteiger partial charge < -0.3 is 4.74 Å². The molecule has 0 atom stereocenters. The lowest BCUT2D eigenvalue weighted by Gasteiger charge is -2.21. The van der Waals surface area contributed by atoms with Gasteiger partial charge in [0.05, 0.1) is 30.3 Å². The van der Waals surface area contributed by atoms with Crippen LogP contribution in [0.4, 0.5) is 4.39 Å². The fourth-order valence-corrected chi connectivity index (χ4v) is 4.46. The normalized spacial score (nSPS) is 11.5. The zero-order chi connectivity index (χ0) is 25.4. The number of amides is 1. The SMILES string of the molecule is COC(=O)c1ccc(/C=N\NC(=O)CN(Cc2ccc(F)cc2)S(=O)(=O)c2ccc(C)cc2)cc1. The van der Waals surface area contributed by atoms with Crippen molar-refractivity contribution < 1.29 is 27.1 Å². The van der Waals surface area contributed by atoms with Gasteiger partial charge in [-0.2, -0.15) is 9.41 Å². The minimum Gasteiger partial charge on any atom is -0.465 e. The van der Waals surface area contributed by atoms with E-state index in [2.05, 4.69) is 15.3 Å². The summed E-state index contributed by atoms with van der Waals surface area (Å²) in [5.74, 6) is -1.59. The van der Waals surface area contributed by atoms with Crippen molar-refractivity contribution in [2.45, 2.75) is 18.4 Å². The van der Waals surface area contributed by atoms with Crippen molar-refractivity contribution in [2.75, 3.05) is 13.7 Å². The van der Waals surface area contributed by atoms with Crippen LogP contribution in [0.15, 0.2) is 82.8 Å². The molecule has 0 unspecified atom stereocenters. The third-order valence-electron chi connectivity index (χ3n) is 4.99. The number of hydrogen-bond donors (Lipinski definition) is 1. The molecule has 3 aromatic carbocycles. The zero-order valence-electron chi connectivity index (χ0n) is 19.1. The number of ether oxygens (including phenoxy) is 1. The Morgan fingerprint density at radius 3 is 2.23 bits per heavy atom. The van der Waals surface area contributed by atoms with E-state index in [0.29, 0.717) is 16.7 Å². The van der Waals surface area contributed by atoms with Crippen molar-refractivity contribution in [2.24, 2.45) is 5.10 Å². The molecule has 1 N–H and O–H groups in total. The predicted molar refractivity (Wildman–Crippen MR) is 129 cm³/mol. The third kappa shape index (κ3) is 7.05. The highest BCUT2D eigenvalue weighted by Gasteiger charge is 2.27. The molecule has 0 saturated carbocycles. The molecule has 35 heavy (non-hydrogen) atoms. The highest BCUT2D eigenvalue weighted by molar-refractivity contribution is 7.89. The molecule has 0 fully saturated rings. The third-order valence-corrected chi connectivity index (χ3v) is 6.79. The molecule has 182 valence electrons. The molecule has 10 heteroatoms. The number of nitrogens with one attached hydrogen (secondary N) is 1. The molecule has 0 spiro atoms. The van der Waals surface area contributed by atoms with E-state index in [1.54, 1.807) is 36.4 Å². The van der Waals surface area contributed by atoms with Crippen molar-refractivity contribution in [1.82, 2.24) is 9.73 Å². The van der Waals surface area contributed by atoms with E-state index in [4.69, 9.17) is 0 Å². The Bertz CT molecular complexity index is 1310. The summed E-state index contributed by atoms with van der Waals surface area (Å²) >= 11 is 0. The molecule has 0 saturated heterocycles. The van der Waals surface area contributed by atoms with Crippen molar-refractivity contribution in [1.29, 1.82) is 0 Å². The summed E-state index contributed by atoms with van der Waals surface area (Å²) in [7, 11) is -2.75. The maximum Gasteiger partial charge on any atom is 0.337 e. The summed E-state index contributed by atoms with van der Waals surface area (Å²) in [4.78, 5) is 24.1. The maximum atomic E-state index is 13.3. The first-order valence-corrected chi connectivity index (χ1v) is 11.9. The zero-order valence-corrected chi connectivity index (χ0v) is 20.0. The lowest BCUT2D eigenvalue weighted by Crippen LogP contribution is -2.39. The Hall–Kier alpha value is -3.89. The van der Waals surface area contributed by atoms with E-state index in [-0.39, 0.29) is 11.4 Å². The van der Waals surface area contributed by atoms with Gasteiger partial charge in [0.2, 0.25) is 10.0 Å². The fourth-order valence-electron chi connectivity index (χ4n) is 3.08. The number of benzene rings is 3. The summed E-state index contributed by atoms with van der Waals surface area (Å²) in [6, 6.07) is 18.0. The number of esters is 1. The molecule has 8 nitrogen and oxygen atoms in total. The molecule has 0 aliphatic carbocycles. The monoisotopic (exact) mass is 497 g/mol. The highest BCUT2D eigenvalue weighted by Crippen LogP contribution is 2.19. The number of hydrazone groups is 1. The smallest absolute Gasteiger partial charge is 0.337 e. The standard InChI is InChI=1S/C25H24FN3O5S/c1-18-3-13-23(14-4-18)35(32,33)29(16-20-7-11-22(26)12-8-20)17-24(30)28-27-15-19-5-9-21(10-6-19)25(31)34-2/h3-15H,16-17H2,1-2H3,(H,28,30)/b27-15-. The van der Waals surface area contributed by atoms with E-state index < -0.39 is 34.3 Å². The lowest BCUT2D eigenvalue weighted by molar-refractivity contribution is -0.121. The first kappa shape index (κ1) is 25.7. The van der Waals surface area contributed by atoms with E-state index in [1.807, 2.05) is 6.92 Å². The van der Waals surface area contributed by atoms with Gasteiger partial charge in [-0.1, -0.05) is 42.0 Å². The van der Waals surface area contributed by atoms with Gasteiger partial charge in [-0.15, -0.1) is 0 Å². The number of nitrogens with zero attached hydrogens (tertiary/aromatic N) is 2. The van der Waals surface area contributed by atoms with Gasteiger partial charge in [-0.3, -0.25) is 4.79 Å². The lowest BCUT2D eigenvalue weighted by atomic mass is 10.1. The summed E-state index contributed by atoms with van der Waals surface area (Å²) < 4.78 is 45.4. The summed E-state index contributed by atoms with van der Waals surface area (Å²) in [6.45, 7) is 1.19. The highest BCUT2D eigenvalue weighted by atomic mass is 32.2. The van der Waals surface area contributed by atoms with Crippen LogP contribution in [0, 0.1) is 12.7 Å². The molecular formula is C25H24FN3O5S. The number of carbonyl (C=O) groups is 2. The Labute approximate surface area is 203 Å². The minimum atomic E-state index is -4.03. The minimum absolute atomic E-state index is 0.0345. The van der Waals surface area contributed by atoms with Gasteiger partial charge in [0.15, 0.2) is 0 Å². The largest absolute Gasteiger partial charge is 0.465 e. The molecule has 0 aliphatic rings. The molecule has 0 heterocycles. The number of carbonyl (C=O) groups excluding carboxylic acids is 2. The Morgan fingerprint density at radius 1 is 1.00 bits per heavy atom. The number of halogens is 1. The molecule has 3 rings (SSSR count). The summed E-state index contributed by atoms with van der Waals surface area (Å²) in [5, 5.41) is 3.86. The summed E-state index contributed by atoms with van der Waals surface area (Å²) in [6.07, 6.45) is 1.36. The van der Waals surface area contributed by atoms with Crippen LogP contribution in [0.1, 0.15) is 27.0 Å². The second-order valence-corrected chi connectivity index (χ2v) is 9.56. The van der Waals surface area contributed by atoms with Crippen LogP contribution in [-0.4, -0.2) is 44.5 Å². The quantitative estimate of drug-likeness (QED) is 0.278. The Kier molecular flexibility index (Phi) is 8.45. The number of sulfonamides is 1. The summed E-state index contributed by atoms with van der Waals surface area (Å²) in [5.41, 5.74) is 4.69. The van der Waals surface area contributed by atoms with Crippen molar-refractivity contribution in [3.05, 3.63) is 101 Å². The number of aryl methyl sites for hydroxylation is 1. The maximum absolute atomic E-state index is 13.3. The number of hydrogen-bond acceptors (Lipinski definition) is 6. The van der Waals surface area contributed by atoms with Gasteiger partial charge in [0.1, 0.15) is 5.82 Å². The second kappa shape index (κ2) is 11.5.